The number of carbonyl (C=O) groups is 2. The molecule has 6 heteroatoms. The average Bonchev–Trinajstić information content (AvgIpc) is 3.29. The van der Waals surface area contributed by atoms with Gasteiger partial charge < -0.3 is 20.3 Å². The van der Waals surface area contributed by atoms with E-state index in [1.165, 1.54) is 205 Å². The first-order valence-corrected chi connectivity index (χ1v) is 27.9. The van der Waals surface area contributed by atoms with Crippen LogP contribution in [0.5, 0.6) is 0 Å². The molecule has 0 aromatic carbocycles. The molecule has 0 spiro atoms. The molecule has 0 saturated carbocycles. The average molecular weight is 898 g/mol. The van der Waals surface area contributed by atoms with Gasteiger partial charge in [0.2, 0.25) is 5.91 Å². The van der Waals surface area contributed by atoms with Crippen molar-refractivity contribution in [1.82, 2.24) is 5.32 Å². The number of rotatable bonds is 51. The van der Waals surface area contributed by atoms with E-state index >= 15 is 0 Å². The smallest absolute Gasteiger partial charge is 0.305 e. The van der Waals surface area contributed by atoms with E-state index in [4.69, 9.17) is 4.74 Å². The number of nitrogens with one attached hydrogen (secondary N) is 1. The minimum Gasteiger partial charge on any atom is -0.465 e. The van der Waals surface area contributed by atoms with Gasteiger partial charge in [-0.2, -0.15) is 0 Å². The SMILES string of the molecule is CCCCCCCC/C=C\CCCCCCCC(=O)OCC/C=C\C/C=C\CCCCCCCCCCCCCCCCC(=O)NC(CO)C(O)/C=C/CCCCCCCCCCC. The summed E-state index contributed by atoms with van der Waals surface area (Å²) in [7, 11) is 0. The van der Waals surface area contributed by atoms with Crippen LogP contribution >= 0.6 is 0 Å². The fourth-order valence-corrected chi connectivity index (χ4v) is 8.29. The second-order valence-corrected chi connectivity index (χ2v) is 18.9. The lowest BCUT2D eigenvalue weighted by Crippen LogP contribution is -2.45. The van der Waals surface area contributed by atoms with Gasteiger partial charge in [0.05, 0.1) is 25.4 Å². The molecule has 0 radical (unpaired) electrons. The maximum atomic E-state index is 12.4. The van der Waals surface area contributed by atoms with Gasteiger partial charge >= 0.3 is 5.97 Å². The van der Waals surface area contributed by atoms with Gasteiger partial charge in [0, 0.05) is 12.8 Å². The number of ether oxygens (including phenoxy) is 1. The van der Waals surface area contributed by atoms with Crippen molar-refractivity contribution < 1.29 is 24.5 Å². The Balaban J connectivity index is 3.47. The standard InChI is InChI=1S/C58H107NO5/c1-3-5-7-9-11-13-15-16-24-28-32-36-40-44-48-52-58(63)64-53-49-45-41-37-33-29-26-23-21-19-17-18-20-22-25-27-31-35-39-43-47-51-57(62)59-55(54-60)56(61)50-46-42-38-34-30-14-12-10-8-6-4-2/h16,24,29,33,41,45-46,50,55-56,60-61H,3-15,17-23,25-28,30-32,34-40,42-44,47-49,51-54H2,1-2H3,(H,59,62)/b24-16-,33-29-,45-41-,50-46+. The van der Waals surface area contributed by atoms with E-state index in [2.05, 4.69) is 55.6 Å². The molecule has 0 aliphatic carbocycles. The molecule has 0 aliphatic heterocycles. The van der Waals surface area contributed by atoms with Crippen molar-refractivity contribution in [3.8, 4) is 0 Å². The second kappa shape index (κ2) is 53.4. The molecule has 0 bridgehead atoms. The van der Waals surface area contributed by atoms with E-state index in [-0.39, 0.29) is 18.5 Å². The lowest BCUT2D eigenvalue weighted by molar-refractivity contribution is -0.143. The summed E-state index contributed by atoms with van der Waals surface area (Å²) in [6.45, 7) is 4.77. The first-order chi connectivity index (χ1) is 31.5. The minimum absolute atomic E-state index is 0.0445. The van der Waals surface area contributed by atoms with Gasteiger partial charge in [0.25, 0.3) is 0 Å². The van der Waals surface area contributed by atoms with E-state index in [0.717, 1.165) is 51.4 Å². The highest BCUT2D eigenvalue weighted by Gasteiger charge is 2.18. The van der Waals surface area contributed by atoms with Gasteiger partial charge in [0.1, 0.15) is 0 Å². The van der Waals surface area contributed by atoms with Crippen LogP contribution in [-0.4, -0.2) is 47.4 Å². The molecular formula is C58H107NO5. The van der Waals surface area contributed by atoms with Gasteiger partial charge in [-0.15, -0.1) is 0 Å². The molecule has 0 aromatic heterocycles. The van der Waals surface area contributed by atoms with Crippen LogP contribution in [-0.2, 0) is 14.3 Å². The molecule has 0 fully saturated rings. The molecule has 2 atom stereocenters. The fraction of sp³-hybridized carbons (Fsp3) is 0.828. The Kier molecular flexibility index (Phi) is 51.6. The number of unbranched alkanes of at least 4 members (excludes halogenated alkanes) is 34. The number of aliphatic hydroxyl groups excluding tert-OH is 2. The molecule has 6 nitrogen and oxygen atoms in total. The highest BCUT2D eigenvalue weighted by atomic mass is 16.5. The third-order valence-corrected chi connectivity index (χ3v) is 12.6. The van der Waals surface area contributed by atoms with E-state index in [9.17, 15) is 19.8 Å². The van der Waals surface area contributed by atoms with Gasteiger partial charge in [-0.1, -0.05) is 242 Å². The molecule has 374 valence electrons. The van der Waals surface area contributed by atoms with E-state index in [1.807, 2.05) is 6.08 Å². The molecule has 64 heavy (non-hydrogen) atoms. The van der Waals surface area contributed by atoms with Crippen LogP contribution in [0.3, 0.4) is 0 Å². The predicted octanol–water partition coefficient (Wildman–Crippen LogP) is 17.0. The van der Waals surface area contributed by atoms with Crippen LogP contribution in [0.1, 0.15) is 284 Å². The molecular weight excluding hydrogens is 791 g/mol. The maximum Gasteiger partial charge on any atom is 0.305 e. The van der Waals surface area contributed by atoms with Crippen molar-refractivity contribution in [3.63, 3.8) is 0 Å². The Morgan fingerprint density at radius 2 is 0.781 bits per heavy atom. The molecule has 0 rings (SSSR count). The van der Waals surface area contributed by atoms with Gasteiger partial charge in [-0.25, -0.2) is 0 Å². The summed E-state index contributed by atoms with van der Waals surface area (Å²) < 4.78 is 5.41. The Bertz CT molecular complexity index is 1080. The zero-order chi connectivity index (χ0) is 46.5. The lowest BCUT2D eigenvalue weighted by Gasteiger charge is -2.20. The van der Waals surface area contributed by atoms with Crippen molar-refractivity contribution in [2.75, 3.05) is 13.2 Å². The Labute approximate surface area is 397 Å². The highest BCUT2D eigenvalue weighted by Crippen LogP contribution is 2.16. The summed E-state index contributed by atoms with van der Waals surface area (Å²) in [6.07, 6.45) is 67.2. The Morgan fingerprint density at radius 1 is 0.438 bits per heavy atom. The molecule has 0 saturated heterocycles. The maximum absolute atomic E-state index is 12.4. The summed E-state index contributed by atoms with van der Waals surface area (Å²) in [4.78, 5) is 24.4. The van der Waals surface area contributed by atoms with Crippen LogP contribution in [0, 0.1) is 0 Å². The van der Waals surface area contributed by atoms with Crippen molar-refractivity contribution >= 4 is 11.9 Å². The molecule has 0 heterocycles. The number of carbonyl (C=O) groups excluding carboxylic acids is 2. The van der Waals surface area contributed by atoms with Crippen molar-refractivity contribution in [3.05, 3.63) is 48.6 Å². The Hall–Kier alpha value is -2.18. The summed E-state index contributed by atoms with van der Waals surface area (Å²) in [5, 5.41) is 23.0. The van der Waals surface area contributed by atoms with E-state index < -0.39 is 12.1 Å². The predicted molar refractivity (Wildman–Crippen MR) is 278 cm³/mol. The number of hydrogen-bond acceptors (Lipinski definition) is 5. The van der Waals surface area contributed by atoms with Gasteiger partial charge in [-0.3, -0.25) is 9.59 Å². The van der Waals surface area contributed by atoms with Crippen LogP contribution in [0.4, 0.5) is 0 Å². The zero-order valence-corrected chi connectivity index (χ0v) is 42.5. The van der Waals surface area contributed by atoms with E-state index in [0.29, 0.717) is 19.4 Å². The van der Waals surface area contributed by atoms with E-state index in [1.54, 1.807) is 6.08 Å². The van der Waals surface area contributed by atoms with Crippen molar-refractivity contribution in [1.29, 1.82) is 0 Å². The van der Waals surface area contributed by atoms with Gasteiger partial charge in [-0.05, 0) is 77.0 Å². The third-order valence-electron chi connectivity index (χ3n) is 12.6. The number of amides is 1. The topological polar surface area (TPSA) is 95.9 Å². The number of esters is 1. The zero-order valence-electron chi connectivity index (χ0n) is 42.5. The van der Waals surface area contributed by atoms with Crippen LogP contribution in [0.2, 0.25) is 0 Å². The van der Waals surface area contributed by atoms with Crippen molar-refractivity contribution in [2.45, 2.75) is 296 Å². The third kappa shape index (κ3) is 49.3. The summed E-state index contributed by atoms with van der Waals surface area (Å²) in [6, 6.07) is -0.631. The molecule has 1 amide bonds. The first-order valence-electron chi connectivity index (χ1n) is 27.9. The number of hydrogen-bond donors (Lipinski definition) is 3. The molecule has 0 aliphatic rings. The van der Waals surface area contributed by atoms with Crippen molar-refractivity contribution in [2.24, 2.45) is 0 Å². The quantitative estimate of drug-likeness (QED) is 0.0321. The normalized spacial score (nSPS) is 13.0. The molecule has 2 unspecified atom stereocenters. The fourth-order valence-electron chi connectivity index (χ4n) is 8.29. The number of allylic oxidation sites excluding steroid dienone is 6. The minimum atomic E-state index is -0.847. The van der Waals surface area contributed by atoms with Crippen LogP contribution in [0.15, 0.2) is 48.6 Å². The number of aliphatic hydroxyl groups is 2. The summed E-state index contributed by atoms with van der Waals surface area (Å²) >= 11 is 0. The summed E-state index contributed by atoms with van der Waals surface area (Å²) in [5.41, 5.74) is 0. The Morgan fingerprint density at radius 3 is 1.20 bits per heavy atom. The lowest BCUT2D eigenvalue weighted by atomic mass is 10.0. The molecule has 0 aromatic rings. The largest absolute Gasteiger partial charge is 0.465 e. The monoisotopic (exact) mass is 898 g/mol. The second-order valence-electron chi connectivity index (χ2n) is 18.9. The van der Waals surface area contributed by atoms with Crippen LogP contribution < -0.4 is 5.32 Å². The highest BCUT2D eigenvalue weighted by molar-refractivity contribution is 5.76. The first kappa shape index (κ1) is 61.8. The molecule has 3 N–H and O–H groups in total. The summed E-state index contributed by atoms with van der Waals surface area (Å²) in [5.74, 6) is -0.119. The van der Waals surface area contributed by atoms with Crippen LogP contribution in [0.25, 0.3) is 0 Å². The van der Waals surface area contributed by atoms with Gasteiger partial charge in [0.15, 0.2) is 0 Å².